The van der Waals surface area contributed by atoms with Crippen molar-refractivity contribution in [1.29, 1.82) is 0 Å². The van der Waals surface area contributed by atoms with Crippen molar-refractivity contribution in [2.45, 2.75) is 26.6 Å². The molecule has 1 aliphatic heterocycles. The topological polar surface area (TPSA) is 59.0 Å². The predicted molar refractivity (Wildman–Crippen MR) is 102 cm³/mol. The highest BCUT2D eigenvalue weighted by Gasteiger charge is 2.30. The fourth-order valence-electron chi connectivity index (χ4n) is 3.39. The molecule has 1 unspecified atom stereocenters. The van der Waals surface area contributed by atoms with Gasteiger partial charge in [-0.15, -0.1) is 0 Å². The molecule has 0 bridgehead atoms. The molecule has 1 atom stereocenters. The van der Waals surface area contributed by atoms with E-state index in [0.29, 0.717) is 17.3 Å². The summed E-state index contributed by atoms with van der Waals surface area (Å²) in [6, 6.07) is 11.9. The van der Waals surface area contributed by atoms with Gasteiger partial charge in [0.2, 0.25) is 0 Å². The zero-order valence-corrected chi connectivity index (χ0v) is 15.6. The number of hydrogen-bond acceptors (Lipinski definition) is 3. The lowest BCUT2D eigenvalue weighted by Crippen LogP contribution is -2.39. The summed E-state index contributed by atoms with van der Waals surface area (Å²) in [5.74, 6) is -0.432. The van der Waals surface area contributed by atoms with E-state index in [-0.39, 0.29) is 11.7 Å². The summed E-state index contributed by atoms with van der Waals surface area (Å²) in [4.78, 5) is 12.6. The zero-order chi connectivity index (χ0) is 19.1. The molecule has 2 heterocycles. The van der Waals surface area contributed by atoms with E-state index >= 15 is 0 Å². The molecule has 0 radical (unpaired) electrons. The number of carbonyl (C=O) groups excluding carboxylic acids is 1. The average molecular weight is 385 g/mol. The maximum atomic E-state index is 13.1. The van der Waals surface area contributed by atoms with Gasteiger partial charge in [0.05, 0.1) is 23.4 Å². The van der Waals surface area contributed by atoms with Gasteiger partial charge in [-0.2, -0.15) is 5.10 Å². The molecule has 5 nitrogen and oxygen atoms in total. The molecule has 1 aliphatic rings. The SMILES string of the molecule is Cc1cccc2c1C(=O)NC(c1c(C)nn(Cc3ccc(F)cc3)c1Cl)N2. The number of halogens is 2. The van der Waals surface area contributed by atoms with Crippen LogP contribution >= 0.6 is 11.6 Å². The van der Waals surface area contributed by atoms with Crippen molar-refractivity contribution < 1.29 is 9.18 Å². The van der Waals surface area contributed by atoms with Crippen molar-refractivity contribution in [3.8, 4) is 0 Å². The van der Waals surface area contributed by atoms with Crippen LogP contribution in [-0.2, 0) is 6.54 Å². The number of anilines is 1. The second kappa shape index (κ2) is 6.70. The Labute approximate surface area is 161 Å². The lowest BCUT2D eigenvalue weighted by molar-refractivity contribution is 0.0935. The van der Waals surface area contributed by atoms with Gasteiger partial charge in [0.15, 0.2) is 0 Å². The Morgan fingerprint density at radius 2 is 1.89 bits per heavy atom. The molecule has 0 fully saturated rings. The van der Waals surface area contributed by atoms with Gasteiger partial charge in [-0.3, -0.25) is 4.79 Å². The van der Waals surface area contributed by atoms with Crippen LogP contribution in [0.3, 0.4) is 0 Å². The van der Waals surface area contributed by atoms with Crippen LogP contribution in [-0.4, -0.2) is 15.7 Å². The Bertz CT molecular complexity index is 1030. The summed E-state index contributed by atoms with van der Waals surface area (Å²) in [5.41, 5.74) is 4.64. The summed E-state index contributed by atoms with van der Waals surface area (Å²) in [6.07, 6.45) is -0.471. The number of benzene rings is 2. The summed E-state index contributed by atoms with van der Waals surface area (Å²) in [6.45, 7) is 4.16. The second-order valence-electron chi connectivity index (χ2n) is 6.62. The van der Waals surface area contributed by atoms with Crippen molar-refractivity contribution in [2.75, 3.05) is 5.32 Å². The number of rotatable bonds is 3. The summed E-state index contributed by atoms with van der Waals surface area (Å²) < 4.78 is 14.8. The van der Waals surface area contributed by atoms with Gasteiger partial charge in [0.25, 0.3) is 5.91 Å². The van der Waals surface area contributed by atoms with Crippen LogP contribution in [0.4, 0.5) is 10.1 Å². The van der Waals surface area contributed by atoms with Gasteiger partial charge >= 0.3 is 0 Å². The fourth-order valence-corrected chi connectivity index (χ4v) is 3.73. The van der Waals surface area contributed by atoms with E-state index in [1.807, 2.05) is 32.0 Å². The normalized spacial score (nSPS) is 15.9. The first-order valence-corrected chi connectivity index (χ1v) is 8.96. The van der Waals surface area contributed by atoms with Crippen LogP contribution in [0.5, 0.6) is 0 Å². The summed E-state index contributed by atoms with van der Waals surface area (Å²) in [7, 11) is 0. The number of amides is 1. The Balaban J connectivity index is 1.66. The predicted octanol–water partition coefficient (Wildman–Crippen LogP) is 4.19. The van der Waals surface area contributed by atoms with Crippen molar-refractivity contribution in [3.63, 3.8) is 0 Å². The molecule has 0 spiro atoms. The highest BCUT2D eigenvalue weighted by molar-refractivity contribution is 6.30. The molecule has 138 valence electrons. The minimum Gasteiger partial charge on any atom is -0.361 e. The molecule has 0 saturated heterocycles. The van der Waals surface area contributed by atoms with Crippen LogP contribution in [0.15, 0.2) is 42.5 Å². The first-order valence-electron chi connectivity index (χ1n) is 8.58. The molecular weight excluding hydrogens is 367 g/mol. The minimum atomic E-state index is -0.471. The number of carbonyl (C=O) groups is 1. The van der Waals surface area contributed by atoms with E-state index in [0.717, 1.165) is 28.1 Å². The van der Waals surface area contributed by atoms with E-state index in [1.54, 1.807) is 16.8 Å². The summed E-state index contributed by atoms with van der Waals surface area (Å²) in [5, 5.41) is 11.2. The molecule has 1 aromatic heterocycles. The molecular formula is C20H18ClFN4O. The van der Waals surface area contributed by atoms with E-state index in [4.69, 9.17) is 11.6 Å². The lowest BCUT2D eigenvalue weighted by atomic mass is 10.0. The smallest absolute Gasteiger partial charge is 0.255 e. The maximum Gasteiger partial charge on any atom is 0.255 e. The first kappa shape index (κ1) is 17.5. The second-order valence-corrected chi connectivity index (χ2v) is 6.98. The Hall–Kier alpha value is -2.86. The van der Waals surface area contributed by atoms with Crippen LogP contribution in [0.25, 0.3) is 0 Å². The highest BCUT2D eigenvalue weighted by atomic mass is 35.5. The van der Waals surface area contributed by atoms with Crippen molar-refractivity contribution in [2.24, 2.45) is 0 Å². The number of nitrogens with zero attached hydrogens (tertiary/aromatic N) is 2. The van der Waals surface area contributed by atoms with Gasteiger partial charge in [-0.05, 0) is 43.2 Å². The third-order valence-electron chi connectivity index (χ3n) is 4.72. The number of fused-ring (bicyclic) bond motifs is 1. The Kier molecular flexibility index (Phi) is 4.36. The first-order chi connectivity index (χ1) is 12.9. The van der Waals surface area contributed by atoms with Crippen LogP contribution in [0, 0.1) is 19.7 Å². The van der Waals surface area contributed by atoms with E-state index in [9.17, 15) is 9.18 Å². The molecule has 1 amide bonds. The van der Waals surface area contributed by atoms with Crippen LogP contribution < -0.4 is 10.6 Å². The Morgan fingerprint density at radius 1 is 1.15 bits per heavy atom. The van der Waals surface area contributed by atoms with Crippen molar-refractivity contribution in [3.05, 3.63) is 81.4 Å². The van der Waals surface area contributed by atoms with E-state index in [1.165, 1.54) is 12.1 Å². The standard InChI is InChI=1S/C20H18ClFN4O/c1-11-4-3-5-15-16(11)20(27)24-19(23-15)17-12(2)25-26(18(17)21)10-13-6-8-14(22)9-7-13/h3-9,19,23H,10H2,1-2H3,(H,24,27). The van der Waals surface area contributed by atoms with Crippen molar-refractivity contribution in [1.82, 2.24) is 15.1 Å². The molecule has 3 aromatic rings. The van der Waals surface area contributed by atoms with Gasteiger partial charge < -0.3 is 10.6 Å². The summed E-state index contributed by atoms with van der Waals surface area (Å²) >= 11 is 6.59. The minimum absolute atomic E-state index is 0.145. The molecule has 7 heteroatoms. The van der Waals surface area contributed by atoms with Crippen LogP contribution in [0.1, 0.15) is 38.9 Å². The number of aryl methyl sites for hydroxylation is 2. The monoisotopic (exact) mass is 384 g/mol. The van der Waals surface area contributed by atoms with Crippen LogP contribution in [0.2, 0.25) is 5.15 Å². The van der Waals surface area contributed by atoms with E-state index in [2.05, 4.69) is 15.7 Å². The highest BCUT2D eigenvalue weighted by Crippen LogP contribution is 2.33. The molecule has 4 rings (SSSR count). The largest absolute Gasteiger partial charge is 0.361 e. The van der Waals surface area contributed by atoms with Crippen molar-refractivity contribution >= 4 is 23.2 Å². The third kappa shape index (κ3) is 3.17. The van der Waals surface area contributed by atoms with Gasteiger partial charge in [0.1, 0.15) is 17.1 Å². The average Bonchev–Trinajstić information content (AvgIpc) is 2.90. The number of nitrogens with one attached hydrogen (secondary N) is 2. The molecule has 2 aromatic carbocycles. The van der Waals surface area contributed by atoms with E-state index < -0.39 is 6.17 Å². The third-order valence-corrected chi connectivity index (χ3v) is 5.12. The van der Waals surface area contributed by atoms with Gasteiger partial charge in [-0.25, -0.2) is 9.07 Å². The molecule has 27 heavy (non-hydrogen) atoms. The quantitative estimate of drug-likeness (QED) is 0.711. The number of hydrogen-bond donors (Lipinski definition) is 2. The zero-order valence-electron chi connectivity index (χ0n) is 14.9. The Morgan fingerprint density at radius 3 is 2.63 bits per heavy atom. The molecule has 0 saturated carbocycles. The number of aromatic nitrogens is 2. The lowest BCUT2D eigenvalue weighted by Gasteiger charge is -2.29. The molecule has 2 N–H and O–H groups in total. The maximum absolute atomic E-state index is 13.1. The fraction of sp³-hybridized carbons (Fsp3) is 0.200. The molecule has 0 aliphatic carbocycles. The van der Waals surface area contributed by atoms with Gasteiger partial charge in [0, 0.05) is 5.69 Å². The van der Waals surface area contributed by atoms with Gasteiger partial charge in [-0.1, -0.05) is 35.9 Å².